The molecule has 0 saturated carbocycles. The highest BCUT2D eigenvalue weighted by Gasteiger charge is 2.28. The molecule has 53 valence electrons. The average molecular weight is 140 g/mol. The summed E-state index contributed by atoms with van der Waals surface area (Å²) in [7, 11) is 0. The molecule has 0 spiro atoms. The summed E-state index contributed by atoms with van der Waals surface area (Å²) < 4.78 is 33.5. The monoisotopic (exact) mass is 140 g/mol. The molecule has 0 fully saturated rings. The quantitative estimate of drug-likeness (QED) is 0.419. The molecule has 0 rings (SSSR count). The van der Waals surface area contributed by atoms with Gasteiger partial charge in [-0.3, -0.25) is 0 Å². The van der Waals surface area contributed by atoms with Gasteiger partial charge in [-0.25, -0.2) is 0 Å². The maximum Gasteiger partial charge on any atom is 0.425 e. The molecule has 2 nitrogen and oxygen atoms in total. The second-order valence-electron chi connectivity index (χ2n) is 1.18. The van der Waals surface area contributed by atoms with Gasteiger partial charge in [0.1, 0.15) is 0 Å². The Balaban J connectivity index is 3.28. The highest BCUT2D eigenvalue weighted by Crippen LogP contribution is 2.13. The van der Waals surface area contributed by atoms with Crippen LogP contribution in [0.15, 0.2) is 5.16 Å². The van der Waals surface area contributed by atoms with Crippen molar-refractivity contribution in [1.29, 1.82) is 0 Å². The third-order valence-electron chi connectivity index (χ3n) is 0.377. The fraction of sp³-hybridized carbons (Fsp3) is 0.500. The second kappa shape index (κ2) is 3.32. The zero-order valence-electron chi connectivity index (χ0n) is 4.48. The van der Waals surface area contributed by atoms with E-state index in [1.165, 1.54) is 0 Å². The molecule has 0 saturated heterocycles. The van der Waals surface area contributed by atoms with Crippen LogP contribution in [0.4, 0.5) is 13.2 Å². The van der Waals surface area contributed by atoms with Crippen molar-refractivity contribution < 1.29 is 18.0 Å². The fourth-order valence-corrected chi connectivity index (χ4v) is 0.163. The van der Waals surface area contributed by atoms with Gasteiger partial charge in [-0.1, -0.05) is 5.16 Å². The molecule has 1 radical (unpaired) electrons. The van der Waals surface area contributed by atoms with E-state index >= 15 is 0 Å². The number of hydrogen-bond acceptors (Lipinski definition) is 2. The van der Waals surface area contributed by atoms with E-state index in [1.54, 1.807) is 0 Å². The molecule has 5 heteroatoms. The van der Waals surface area contributed by atoms with Crippen LogP contribution in [0.3, 0.4) is 0 Å². The van der Waals surface area contributed by atoms with Crippen LogP contribution < -0.4 is 0 Å². The van der Waals surface area contributed by atoms with Crippen molar-refractivity contribution in [3.63, 3.8) is 0 Å². The zero-order valence-corrected chi connectivity index (χ0v) is 4.48. The first-order chi connectivity index (χ1) is 4.06. The lowest BCUT2D eigenvalue weighted by molar-refractivity contribution is -0.173. The molecule has 0 bridgehead atoms. The molecule has 0 aliphatic rings. The lowest BCUT2D eigenvalue weighted by atomic mass is 10.7. The van der Waals surface area contributed by atoms with Crippen molar-refractivity contribution in [1.82, 2.24) is 0 Å². The summed E-state index contributed by atoms with van der Waals surface area (Å²) in [4.78, 5) is 3.73. The Kier molecular flexibility index (Phi) is 3.05. The topological polar surface area (TPSA) is 21.6 Å². The Bertz CT molecular complexity index is 98.5. The summed E-state index contributed by atoms with van der Waals surface area (Å²) in [6.07, 6.45) is -3.42. The summed E-state index contributed by atoms with van der Waals surface area (Å²) in [5.41, 5.74) is 0. The predicted molar refractivity (Wildman–Crippen MR) is 25.9 cm³/mol. The van der Waals surface area contributed by atoms with Gasteiger partial charge in [0.2, 0.25) is 6.61 Å². The minimum atomic E-state index is -4.31. The molecule has 0 atom stereocenters. The Morgan fingerprint density at radius 3 is 2.44 bits per heavy atom. The molecule has 0 aromatic rings. The van der Waals surface area contributed by atoms with E-state index in [0.717, 1.165) is 6.21 Å². The van der Waals surface area contributed by atoms with Crippen LogP contribution in [0.2, 0.25) is 0 Å². The molecule has 0 aromatic heterocycles. The van der Waals surface area contributed by atoms with E-state index in [2.05, 4.69) is 16.9 Å². The van der Waals surface area contributed by atoms with Crippen molar-refractivity contribution in [2.24, 2.45) is 5.16 Å². The first-order valence-corrected chi connectivity index (χ1v) is 2.06. The van der Waals surface area contributed by atoms with Crippen LogP contribution in [-0.2, 0) is 4.84 Å². The molecule has 0 aliphatic carbocycles. The Morgan fingerprint density at radius 2 is 2.11 bits per heavy atom. The third kappa shape index (κ3) is 7.26. The maximum atomic E-state index is 11.2. The zero-order chi connectivity index (χ0) is 7.33. The highest BCUT2D eigenvalue weighted by molar-refractivity contribution is 5.60. The van der Waals surface area contributed by atoms with Crippen LogP contribution in [-0.4, -0.2) is 19.0 Å². The normalized spacial score (nSPS) is 12.4. The summed E-state index contributed by atoms with van der Waals surface area (Å²) in [6.45, 7) is 1.66. The number of oxime groups is 1. The number of hydrogen-bond donors (Lipinski definition) is 0. The Morgan fingerprint density at radius 1 is 1.56 bits per heavy atom. The average Bonchev–Trinajstić information content (AvgIpc) is 1.63. The lowest BCUT2D eigenvalue weighted by Gasteiger charge is -2.01. The van der Waals surface area contributed by atoms with Crippen LogP contribution in [0.25, 0.3) is 0 Å². The van der Waals surface area contributed by atoms with E-state index in [4.69, 9.17) is 0 Å². The van der Waals surface area contributed by atoms with E-state index in [1.807, 2.05) is 0 Å². The van der Waals surface area contributed by atoms with Gasteiger partial charge in [0.05, 0.1) is 0 Å². The number of halogens is 3. The van der Waals surface area contributed by atoms with Gasteiger partial charge in [0.25, 0.3) is 0 Å². The van der Waals surface area contributed by atoms with Gasteiger partial charge >= 0.3 is 6.18 Å². The summed E-state index contributed by atoms with van der Waals surface area (Å²) in [5.74, 6) is 0. The van der Waals surface area contributed by atoms with E-state index < -0.39 is 12.8 Å². The van der Waals surface area contributed by atoms with E-state index in [9.17, 15) is 13.2 Å². The minimum absolute atomic E-state index is 0.895. The number of rotatable bonds is 2. The molecule has 0 N–H and O–H groups in total. The van der Waals surface area contributed by atoms with E-state index in [0.29, 0.717) is 0 Å². The molecule has 0 amide bonds. The third-order valence-corrected chi connectivity index (χ3v) is 0.377. The molecule has 9 heavy (non-hydrogen) atoms. The largest absolute Gasteiger partial charge is 0.425 e. The van der Waals surface area contributed by atoms with E-state index in [-0.39, 0.29) is 0 Å². The molecule has 0 heterocycles. The summed E-state index contributed by atoms with van der Waals surface area (Å²) in [5, 5.41) is 2.80. The minimum Gasteiger partial charge on any atom is -0.386 e. The first kappa shape index (κ1) is 8.26. The van der Waals surface area contributed by atoms with Gasteiger partial charge < -0.3 is 4.84 Å². The van der Waals surface area contributed by atoms with Gasteiger partial charge in [-0.15, -0.1) is 0 Å². The van der Waals surface area contributed by atoms with Crippen LogP contribution >= 0.6 is 0 Å². The standard InChI is InChI=1S/C4H5F3NO/c1-2-8-9-3-4(5,6)7/h2H,1,3H2. The van der Waals surface area contributed by atoms with Crippen molar-refractivity contribution >= 4 is 6.21 Å². The molecule has 0 unspecified atom stereocenters. The fourth-order valence-electron chi connectivity index (χ4n) is 0.163. The number of nitrogens with zero attached hydrogens (tertiary/aromatic N) is 1. The maximum absolute atomic E-state index is 11.2. The van der Waals surface area contributed by atoms with Crippen molar-refractivity contribution in [3.05, 3.63) is 6.92 Å². The Hall–Kier alpha value is -0.740. The van der Waals surface area contributed by atoms with Crippen LogP contribution in [0.1, 0.15) is 0 Å². The summed E-state index contributed by atoms with van der Waals surface area (Å²) in [6, 6.07) is 0. The smallest absolute Gasteiger partial charge is 0.386 e. The van der Waals surface area contributed by atoms with Crippen molar-refractivity contribution in [3.8, 4) is 0 Å². The lowest BCUT2D eigenvalue weighted by Crippen LogP contribution is -2.14. The summed E-state index contributed by atoms with van der Waals surface area (Å²) >= 11 is 0. The van der Waals surface area contributed by atoms with Gasteiger partial charge in [0, 0.05) is 6.21 Å². The van der Waals surface area contributed by atoms with Gasteiger partial charge in [-0.05, 0) is 6.92 Å². The van der Waals surface area contributed by atoms with Gasteiger partial charge in [-0.2, -0.15) is 13.2 Å². The molecular formula is C4H5F3NO. The SMILES string of the molecule is [CH2]C=NOCC(F)(F)F. The highest BCUT2D eigenvalue weighted by atomic mass is 19.4. The van der Waals surface area contributed by atoms with Crippen LogP contribution in [0, 0.1) is 6.92 Å². The second-order valence-corrected chi connectivity index (χ2v) is 1.18. The molecule has 0 aromatic carbocycles. The predicted octanol–water partition coefficient (Wildman–Crippen LogP) is 1.39. The molecule has 0 aliphatic heterocycles. The van der Waals surface area contributed by atoms with Crippen molar-refractivity contribution in [2.75, 3.05) is 6.61 Å². The molecular weight excluding hydrogens is 135 g/mol. The van der Waals surface area contributed by atoms with Gasteiger partial charge in [0.15, 0.2) is 0 Å². The van der Waals surface area contributed by atoms with Crippen molar-refractivity contribution in [2.45, 2.75) is 6.18 Å². The van der Waals surface area contributed by atoms with Crippen LogP contribution in [0.5, 0.6) is 0 Å². The number of alkyl halides is 3. The Labute approximate surface area is 50.3 Å². The first-order valence-electron chi connectivity index (χ1n) is 2.06.